The number of furan rings is 1. The molecule has 0 aromatic carbocycles. The molecule has 1 aliphatic rings. The molecule has 1 amide bonds. The van der Waals surface area contributed by atoms with E-state index < -0.39 is 5.91 Å². The number of nitrogens with one attached hydrogen (secondary N) is 1. The highest BCUT2D eigenvalue weighted by atomic mass is 35.5. The van der Waals surface area contributed by atoms with Crippen molar-refractivity contribution >= 4 is 34.4 Å². The molecule has 1 saturated carbocycles. The Balaban J connectivity index is 1.82. The lowest BCUT2D eigenvalue weighted by Gasteiger charge is -2.14. The number of carbonyl (C=O) groups is 1. The number of carbonyl (C=O) groups excluding carboxylic acids is 1. The van der Waals surface area contributed by atoms with Crippen LogP contribution in [0.2, 0.25) is 5.15 Å². The third kappa shape index (κ3) is 3.10. The van der Waals surface area contributed by atoms with Gasteiger partial charge in [0.1, 0.15) is 22.6 Å². The van der Waals surface area contributed by atoms with Gasteiger partial charge < -0.3 is 15.5 Å². The SMILES string of the molecule is Cc1oc2nc(Cc3ccc(Cl)nc3)nc(NC3(C)CC3)c2c1C(N)=O. The van der Waals surface area contributed by atoms with E-state index in [4.69, 9.17) is 21.8 Å². The lowest BCUT2D eigenvalue weighted by molar-refractivity contribution is 0.1000. The number of primary amides is 1. The maximum Gasteiger partial charge on any atom is 0.253 e. The maximum atomic E-state index is 11.9. The summed E-state index contributed by atoms with van der Waals surface area (Å²) < 4.78 is 5.70. The van der Waals surface area contributed by atoms with Crippen molar-refractivity contribution in [3.8, 4) is 0 Å². The number of fused-ring (bicyclic) bond motifs is 1. The fourth-order valence-electron chi connectivity index (χ4n) is 2.91. The molecule has 0 unspecified atom stereocenters. The van der Waals surface area contributed by atoms with E-state index in [9.17, 15) is 4.79 Å². The van der Waals surface area contributed by atoms with Crippen LogP contribution in [0.1, 0.15) is 47.3 Å². The number of halogens is 1. The molecule has 3 N–H and O–H groups in total. The molecule has 3 heterocycles. The van der Waals surface area contributed by atoms with Crippen LogP contribution in [-0.4, -0.2) is 26.4 Å². The van der Waals surface area contributed by atoms with Crippen LogP contribution in [0.4, 0.5) is 5.82 Å². The van der Waals surface area contributed by atoms with Crippen LogP contribution in [0, 0.1) is 6.92 Å². The Kier molecular flexibility index (Phi) is 3.84. The third-order valence-electron chi connectivity index (χ3n) is 4.59. The van der Waals surface area contributed by atoms with E-state index >= 15 is 0 Å². The number of anilines is 1. The minimum atomic E-state index is -0.552. The summed E-state index contributed by atoms with van der Waals surface area (Å²) in [7, 11) is 0. The quantitative estimate of drug-likeness (QED) is 0.667. The van der Waals surface area contributed by atoms with Gasteiger partial charge in [-0.3, -0.25) is 4.79 Å². The standard InChI is InChI=1S/C18H18ClN5O2/c1-9-13(15(20)25)14-16(24-18(2)5-6-18)22-12(23-17(14)26-9)7-10-3-4-11(19)21-8-10/h3-4,8H,5-7H2,1-2H3,(H2,20,25)(H,22,23,24). The number of rotatable bonds is 5. The average Bonchev–Trinajstić information content (AvgIpc) is 3.18. The van der Waals surface area contributed by atoms with E-state index in [1.165, 1.54) is 0 Å². The van der Waals surface area contributed by atoms with Gasteiger partial charge in [0.25, 0.3) is 5.91 Å². The molecule has 0 radical (unpaired) electrons. The normalized spacial score (nSPS) is 15.2. The second-order valence-corrected chi connectivity index (χ2v) is 7.30. The van der Waals surface area contributed by atoms with Crippen molar-refractivity contribution in [2.75, 3.05) is 5.32 Å². The molecule has 0 saturated heterocycles. The number of hydrogen-bond acceptors (Lipinski definition) is 6. The van der Waals surface area contributed by atoms with E-state index in [0.717, 1.165) is 18.4 Å². The Hall–Kier alpha value is -2.67. The second kappa shape index (κ2) is 5.95. The molecule has 0 bridgehead atoms. The summed E-state index contributed by atoms with van der Waals surface area (Å²) in [6, 6.07) is 3.60. The van der Waals surface area contributed by atoms with Crippen LogP contribution in [-0.2, 0) is 6.42 Å². The summed E-state index contributed by atoms with van der Waals surface area (Å²) in [6.07, 6.45) is 4.24. The smallest absolute Gasteiger partial charge is 0.253 e. The Morgan fingerprint density at radius 3 is 2.77 bits per heavy atom. The molecule has 3 aromatic heterocycles. The van der Waals surface area contributed by atoms with Crippen LogP contribution in [0.15, 0.2) is 22.7 Å². The van der Waals surface area contributed by atoms with E-state index in [0.29, 0.717) is 45.6 Å². The van der Waals surface area contributed by atoms with E-state index in [1.54, 1.807) is 19.2 Å². The van der Waals surface area contributed by atoms with Gasteiger partial charge >= 0.3 is 0 Å². The molecule has 8 heteroatoms. The highest BCUT2D eigenvalue weighted by Crippen LogP contribution is 2.40. The fraction of sp³-hybridized carbons (Fsp3) is 0.333. The molecule has 1 aliphatic carbocycles. The lowest BCUT2D eigenvalue weighted by Crippen LogP contribution is -2.19. The zero-order valence-corrected chi connectivity index (χ0v) is 15.2. The molecule has 0 aliphatic heterocycles. The van der Waals surface area contributed by atoms with Crippen molar-refractivity contribution in [1.29, 1.82) is 0 Å². The molecule has 134 valence electrons. The van der Waals surface area contributed by atoms with Crippen molar-refractivity contribution in [2.24, 2.45) is 5.73 Å². The van der Waals surface area contributed by atoms with Crippen LogP contribution in [0.5, 0.6) is 0 Å². The molecule has 0 atom stereocenters. The monoisotopic (exact) mass is 371 g/mol. The van der Waals surface area contributed by atoms with Crippen molar-refractivity contribution in [3.63, 3.8) is 0 Å². The van der Waals surface area contributed by atoms with Crippen molar-refractivity contribution < 1.29 is 9.21 Å². The highest BCUT2D eigenvalue weighted by Gasteiger charge is 2.38. The third-order valence-corrected chi connectivity index (χ3v) is 4.81. The van der Waals surface area contributed by atoms with Crippen LogP contribution >= 0.6 is 11.6 Å². The largest absolute Gasteiger partial charge is 0.442 e. The van der Waals surface area contributed by atoms with Gasteiger partial charge in [-0.25, -0.2) is 9.97 Å². The van der Waals surface area contributed by atoms with E-state index in [-0.39, 0.29) is 5.54 Å². The van der Waals surface area contributed by atoms with Gasteiger partial charge in [0.05, 0.1) is 10.9 Å². The summed E-state index contributed by atoms with van der Waals surface area (Å²) in [5.74, 6) is 1.04. The van der Waals surface area contributed by atoms with Crippen molar-refractivity contribution in [1.82, 2.24) is 15.0 Å². The Bertz CT molecular complexity index is 1010. The van der Waals surface area contributed by atoms with Crippen LogP contribution < -0.4 is 11.1 Å². The zero-order valence-electron chi connectivity index (χ0n) is 14.5. The van der Waals surface area contributed by atoms with Gasteiger partial charge in [-0.1, -0.05) is 17.7 Å². The Morgan fingerprint density at radius 2 is 2.15 bits per heavy atom. The average molecular weight is 372 g/mol. The first-order valence-electron chi connectivity index (χ1n) is 8.33. The summed E-state index contributed by atoms with van der Waals surface area (Å²) >= 11 is 5.84. The van der Waals surface area contributed by atoms with Gasteiger partial charge in [-0.05, 0) is 38.3 Å². The lowest BCUT2D eigenvalue weighted by atomic mass is 10.1. The van der Waals surface area contributed by atoms with E-state index in [2.05, 4.69) is 27.2 Å². The maximum absolute atomic E-state index is 11.9. The molecular formula is C18H18ClN5O2. The van der Waals surface area contributed by atoms with Crippen LogP contribution in [0.25, 0.3) is 11.1 Å². The minimum Gasteiger partial charge on any atom is -0.442 e. The van der Waals surface area contributed by atoms with E-state index in [1.807, 2.05) is 6.07 Å². The molecule has 0 spiro atoms. The highest BCUT2D eigenvalue weighted by molar-refractivity contribution is 6.29. The van der Waals surface area contributed by atoms with Gasteiger partial charge in [-0.15, -0.1) is 0 Å². The molecule has 3 aromatic rings. The molecule has 26 heavy (non-hydrogen) atoms. The van der Waals surface area contributed by atoms with Gasteiger partial charge in [0.15, 0.2) is 0 Å². The topological polar surface area (TPSA) is 107 Å². The summed E-state index contributed by atoms with van der Waals surface area (Å²) in [5.41, 5.74) is 7.13. The fourth-order valence-corrected chi connectivity index (χ4v) is 3.03. The number of nitrogens with two attached hydrogens (primary N) is 1. The first kappa shape index (κ1) is 16.8. The predicted octanol–water partition coefficient (Wildman–Crippen LogP) is 3.23. The van der Waals surface area contributed by atoms with Gasteiger partial charge in [0, 0.05) is 18.2 Å². The molecule has 7 nitrogen and oxygen atoms in total. The minimum absolute atomic E-state index is 0.0273. The summed E-state index contributed by atoms with van der Waals surface area (Å²) in [5, 5.41) is 4.40. The first-order valence-corrected chi connectivity index (χ1v) is 8.71. The number of hydrogen-bond donors (Lipinski definition) is 2. The Morgan fingerprint density at radius 1 is 1.38 bits per heavy atom. The number of pyridine rings is 1. The second-order valence-electron chi connectivity index (χ2n) is 6.92. The van der Waals surface area contributed by atoms with Gasteiger partial charge in [-0.2, -0.15) is 4.98 Å². The number of nitrogens with zero attached hydrogens (tertiary/aromatic N) is 3. The number of amides is 1. The molecule has 1 fully saturated rings. The number of aryl methyl sites for hydroxylation is 1. The number of aromatic nitrogens is 3. The Labute approximate surface area is 155 Å². The zero-order chi connectivity index (χ0) is 18.5. The van der Waals surface area contributed by atoms with Crippen molar-refractivity contribution in [2.45, 2.75) is 38.6 Å². The summed E-state index contributed by atoms with van der Waals surface area (Å²) in [4.78, 5) is 25.1. The predicted molar refractivity (Wildman–Crippen MR) is 98.4 cm³/mol. The van der Waals surface area contributed by atoms with Crippen LogP contribution in [0.3, 0.4) is 0 Å². The van der Waals surface area contributed by atoms with Crippen molar-refractivity contribution in [3.05, 3.63) is 46.2 Å². The molecular weight excluding hydrogens is 354 g/mol. The molecule has 4 rings (SSSR count). The van der Waals surface area contributed by atoms with Gasteiger partial charge in [0.2, 0.25) is 5.71 Å². The first-order chi connectivity index (χ1) is 12.3. The summed E-state index contributed by atoms with van der Waals surface area (Å²) in [6.45, 7) is 3.81.